The Morgan fingerprint density at radius 1 is 1.07 bits per heavy atom. The number of fused-ring (bicyclic) bond motifs is 1. The van der Waals surface area contributed by atoms with Crippen LogP contribution in [-0.4, -0.2) is 59.3 Å². The van der Waals surface area contributed by atoms with Gasteiger partial charge in [0.1, 0.15) is 11.4 Å². The molecule has 0 saturated carbocycles. The number of piperazine rings is 1. The van der Waals surface area contributed by atoms with Gasteiger partial charge < -0.3 is 25.2 Å². The van der Waals surface area contributed by atoms with Gasteiger partial charge >= 0.3 is 6.09 Å². The molecule has 0 spiro atoms. The van der Waals surface area contributed by atoms with Crippen LogP contribution in [0.5, 0.6) is 0 Å². The number of nitrogens with two attached hydrogens (primary N) is 1. The fourth-order valence-corrected chi connectivity index (χ4v) is 3.73. The summed E-state index contributed by atoms with van der Waals surface area (Å²) in [4.78, 5) is 27.6. The van der Waals surface area contributed by atoms with Crippen molar-refractivity contribution in [2.24, 2.45) is 0 Å². The molecule has 0 atom stereocenters. The van der Waals surface area contributed by atoms with Crippen LogP contribution in [0.4, 0.5) is 27.8 Å². The van der Waals surface area contributed by atoms with Crippen LogP contribution in [0.15, 0.2) is 30.6 Å². The molecule has 2 aliphatic rings. The standard InChI is InChI=1S/C21H28N6O2/c1-21(2,3)29-20(28)26-10-8-25(9-11-26)18-13-23-14-19(24-18)27-7-6-15-12-16(22)4-5-17(15)27/h4-5,12-14H,6-11,22H2,1-3H3. The Balaban J connectivity index is 1.44. The van der Waals surface area contributed by atoms with Crippen molar-refractivity contribution in [2.75, 3.05) is 48.3 Å². The van der Waals surface area contributed by atoms with Crippen molar-refractivity contribution in [3.63, 3.8) is 0 Å². The lowest BCUT2D eigenvalue weighted by molar-refractivity contribution is 0.0240. The average Bonchev–Trinajstić information content (AvgIpc) is 3.10. The maximum absolute atomic E-state index is 12.3. The van der Waals surface area contributed by atoms with Crippen LogP contribution in [-0.2, 0) is 11.2 Å². The zero-order valence-corrected chi connectivity index (χ0v) is 17.3. The highest BCUT2D eigenvalue weighted by molar-refractivity contribution is 5.71. The Morgan fingerprint density at radius 3 is 2.52 bits per heavy atom. The molecule has 2 N–H and O–H groups in total. The van der Waals surface area contributed by atoms with Gasteiger partial charge in [-0.25, -0.2) is 9.78 Å². The minimum atomic E-state index is -0.481. The van der Waals surface area contributed by atoms with Crippen LogP contribution in [0, 0.1) is 0 Å². The zero-order chi connectivity index (χ0) is 20.6. The third-order valence-corrected chi connectivity index (χ3v) is 5.14. The molecule has 3 heterocycles. The Bertz CT molecular complexity index is 902. The molecule has 2 aromatic rings. The van der Waals surface area contributed by atoms with Crippen LogP contribution >= 0.6 is 0 Å². The molecule has 8 nitrogen and oxygen atoms in total. The molecule has 0 aliphatic carbocycles. The highest BCUT2D eigenvalue weighted by Crippen LogP contribution is 2.35. The van der Waals surface area contributed by atoms with E-state index in [4.69, 9.17) is 15.5 Å². The first-order chi connectivity index (χ1) is 13.8. The van der Waals surface area contributed by atoms with Crippen molar-refractivity contribution in [3.8, 4) is 0 Å². The normalized spacial score (nSPS) is 16.7. The number of rotatable bonds is 2. The largest absolute Gasteiger partial charge is 0.444 e. The van der Waals surface area contributed by atoms with E-state index in [1.807, 2.05) is 39.0 Å². The summed E-state index contributed by atoms with van der Waals surface area (Å²) in [5.41, 5.74) is 8.60. The van der Waals surface area contributed by atoms with Crippen LogP contribution in [0.2, 0.25) is 0 Å². The second kappa shape index (κ2) is 7.42. The van der Waals surface area contributed by atoms with E-state index >= 15 is 0 Å². The number of nitrogens with zero attached hydrogens (tertiary/aromatic N) is 5. The van der Waals surface area contributed by atoms with Crippen molar-refractivity contribution >= 4 is 29.1 Å². The summed E-state index contributed by atoms with van der Waals surface area (Å²) >= 11 is 0. The number of anilines is 4. The minimum absolute atomic E-state index is 0.259. The van der Waals surface area contributed by atoms with Crippen molar-refractivity contribution in [1.29, 1.82) is 0 Å². The van der Waals surface area contributed by atoms with E-state index in [9.17, 15) is 4.79 Å². The van der Waals surface area contributed by atoms with Crippen LogP contribution < -0.4 is 15.5 Å². The summed E-state index contributed by atoms with van der Waals surface area (Å²) in [5, 5.41) is 0. The Hall–Kier alpha value is -3.03. The smallest absolute Gasteiger partial charge is 0.410 e. The molecule has 1 fully saturated rings. The lowest BCUT2D eigenvalue weighted by Crippen LogP contribution is -2.50. The van der Waals surface area contributed by atoms with Gasteiger partial charge in [-0.15, -0.1) is 0 Å². The first-order valence-corrected chi connectivity index (χ1v) is 10.0. The van der Waals surface area contributed by atoms with E-state index in [0.29, 0.717) is 26.2 Å². The van der Waals surface area contributed by atoms with Gasteiger partial charge in [-0.05, 0) is 51.0 Å². The number of benzene rings is 1. The fraction of sp³-hybridized carbons (Fsp3) is 0.476. The van der Waals surface area contributed by atoms with E-state index in [2.05, 4.69) is 14.8 Å². The topological polar surface area (TPSA) is 87.8 Å². The number of hydrogen-bond acceptors (Lipinski definition) is 7. The molecule has 2 aliphatic heterocycles. The van der Waals surface area contributed by atoms with Gasteiger partial charge in [0.15, 0.2) is 5.82 Å². The molecule has 8 heteroatoms. The number of carbonyl (C=O) groups is 1. The molecule has 1 aromatic carbocycles. The van der Waals surface area contributed by atoms with Crippen molar-refractivity contribution in [1.82, 2.24) is 14.9 Å². The predicted octanol–water partition coefficient (Wildman–Crippen LogP) is 2.81. The van der Waals surface area contributed by atoms with Gasteiger partial charge in [0.25, 0.3) is 0 Å². The van der Waals surface area contributed by atoms with E-state index < -0.39 is 5.60 Å². The summed E-state index contributed by atoms with van der Waals surface area (Å²) in [6.45, 7) is 9.12. The zero-order valence-electron chi connectivity index (χ0n) is 17.3. The number of carbonyl (C=O) groups excluding carboxylic acids is 1. The summed E-state index contributed by atoms with van der Waals surface area (Å²) in [6, 6.07) is 6.00. The summed E-state index contributed by atoms with van der Waals surface area (Å²) < 4.78 is 5.47. The van der Waals surface area contributed by atoms with E-state index in [1.165, 1.54) is 5.56 Å². The quantitative estimate of drug-likeness (QED) is 0.781. The lowest BCUT2D eigenvalue weighted by atomic mass is 10.1. The van der Waals surface area contributed by atoms with Crippen molar-refractivity contribution < 1.29 is 9.53 Å². The van der Waals surface area contributed by atoms with Gasteiger partial charge in [0.05, 0.1) is 12.4 Å². The first-order valence-electron chi connectivity index (χ1n) is 10.0. The van der Waals surface area contributed by atoms with Crippen molar-refractivity contribution in [2.45, 2.75) is 32.8 Å². The Labute approximate surface area is 171 Å². The van der Waals surface area contributed by atoms with Gasteiger partial charge in [0.2, 0.25) is 0 Å². The maximum Gasteiger partial charge on any atom is 0.410 e. The molecular formula is C21H28N6O2. The van der Waals surface area contributed by atoms with Gasteiger partial charge in [-0.1, -0.05) is 0 Å². The van der Waals surface area contributed by atoms with Gasteiger partial charge in [-0.3, -0.25) is 4.98 Å². The summed E-state index contributed by atoms with van der Waals surface area (Å²) in [7, 11) is 0. The van der Waals surface area contributed by atoms with Crippen molar-refractivity contribution in [3.05, 3.63) is 36.2 Å². The number of ether oxygens (including phenoxy) is 1. The number of nitrogen functional groups attached to an aromatic ring is 1. The SMILES string of the molecule is CC(C)(C)OC(=O)N1CCN(c2cncc(N3CCc4cc(N)ccc43)n2)CC1. The van der Waals surface area contributed by atoms with Crippen LogP contribution in [0.3, 0.4) is 0 Å². The molecular weight excluding hydrogens is 368 g/mol. The molecule has 0 radical (unpaired) electrons. The van der Waals surface area contributed by atoms with Gasteiger partial charge in [-0.2, -0.15) is 0 Å². The summed E-state index contributed by atoms with van der Waals surface area (Å²) in [5.74, 6) is 1.66. The molecule has 1 saturated heterocycles. The first kappa shape index (κ1) is 19.3. The molecule has 29 heavy (non-hydrogen) atoms. The van der Waals surface area contributed by atoms with E-state index in [0.717, 1.165) is 36.0 Å². The van der Waals surface area contributed by atoms with Gasteiger partial charge in [0, 0.05) is 44.1 Å². The molecule has 1 amide bonds. The molecule has 0 unspecified atom stereocenters. The second-order valence-corrected chi connectivity index (χ2v) is 8.48. The van der Waals surface area contributed by atoms with E-state index in [1.54, 1.807) is 17.3 Å². The molecule has 154 valence electrons. The monoisotopic (exact) mass is 396 g/mol. The molecule has 0 bridgehead atoms. The highest BCUT2D eigenvalue weighted by Gasteiger charge is 2.27. The maximum atomic E-state index is 12.3. The number of amides is 1. The fourth-order valence-electron chi connectivity index (χ4n) is 3.73. The molecule has 4 rings (SSSR count). The Kier molecular flexibility index (Phi) is 4.94. The highest BCUT2D eigenvalue weighted by atomic mass is 16.6. The average molecular weight is 396 g/mol. The van der Waals surface area contributed by atoms with Crippen LogP contribution in [0.1, 0.15) is 26.3 Å². The summed E-state index contributed by atoms with van der Waals surface area (Å²) in [6.07, 6.45) is 4.27. The minimum Gasteiger partial charge on any atom is -0.444 e. The van der Waals surface area contributed by atoms with Crippen LogP contribution in [0.25, 0.3) is 0 Å². The predicted molar refractivity (Wildman–Crippen MR) is 114 cm³/mol. The molecule has 1 aromatic heterocycles. The third-order valence-electron chi connectivity index (χ3n) is 5.14. The second-order valence-electron chi connectivity index (χ2n) is 8.48. The Morgan fingerprint density at radius 2 is 1.79 bits per heavy atom. The number of aromatic nitrogens is 2. The number of hydrogen-bond donors (Lipinski definition) is 1. The lowest BCUT2D eigenvalue weighted by Gasteiger charge is -2.36. The third kappa shape index (κ3) is 4.21. The van der Waals surface area contributed by atoms with E-state index in [-0.39, 0.29) is 6.09 Å².